The zero-order valence-corrected chi connectivity index (χ0v) is 15.4. The van der Waals surface area contributed by atoms with Crippen molar-refractivity contribution >= 4 is 17.9 Å². The Labute approximate surface area is 153 Å². The van der Waals surface area contributed by atoms with Gasteiger partial charge in [0, 0.05) is 12.6 Å². The van der Waals surface area contributed by atoms with E-state index in [9.17, 15) is 14.4 Å². The molecular weight excluding hydrogens is 332 g/mol. The molecule has 6 heteroatoms. The summed E-state index contributed by atoms with van der Waals surface area (Å²) in [6.07, 6.45) is 2.45. The molecule has 0 N–H and O–H groups in total. The van der Waals surface area contributed by atoms with Gasteiger partial charge in [0.25, 0.3) is 11.8 Å². The van der Waals surface area contributed by atoms with Crippen LogP contribution in [0.15, 0.2) is 24.3 Å². The Balaban J connectivity index is 1.54. The van der Waals surface area contributed by atoms with Gasteiger partial charge in [-0.05, 0) is 58.1 Å². The predicted octanol–water partition coefficient (Wildman–Crippen LogP) is 3.07. The van der Waals surface area contributed by atoms with Crippen molar-refractivity contribution in [1.82, 2.24) is 9.80 Å². The lowest BCUT2D eigenvalue weighted by atomic mass is 10.0. The van der Waals surface area contributed by atoms with Crippen LogP contribution in [0.1, 0.15) is 60.7 Å². The molecule has 3 atom stereocenters. The molecule has 2 aliphatic heterocycles. The number of rotatable bonds is 2. The van der Waals surface area contributed by atoms with Crippen LogP contribution in [0.5, 0.6) is 0 Å². The lowest BCUT2D eigenvalue weighted by Gasteiger charge is -2.38. The van der Waals surface area contributed by atoms with Crippen molar-refractivity contribution in [1.29, 1.82) is 0 Å². The summed E-state index contributed by atoms with van der Waals surface area (Å²) < 4.78 is 5.58. The van der Waals surface area contributed by atoms with Gasteiger partial charge >= 0.3 is 6.09 Å². The molecule has 3 aliphatic rings. The number of benzene rings is 1. The zero-order valence-electron chi connectivity index (χ0n) is 15.4. The number of carbonyl (C=O) groups excluding carboxylic acids is 3. The molecule has 0 spiro atoms. The van der Waals surface area contributed by atoms with Crippen LogP contribution < -0.4 is 0 Å². The molecule has 1 aromatic carbocycles. The van der Waals surface area contributed by atoms with Crippen LogP contribution in [0.25, 0.3) is 0 Å². The smallest absolute Gasteiger partial charge is 0.410 e. The minimum Gasteiger partial charge on any atom is -0.444 e. The molecule has 0 radical (unpaired) electrons. The number of ether oxygens (including phenoxy) is 1. The number of imide groups is 1. The Morgan fingerprint density at radius 1 is 1.12 bits per heavy atom. The number of fused-ring (bicyclic) bond motifs is 2. The topological polar surface area (TPSA) is 66.9 Å². The van der Waals surface area contributed by atoms with E-state index in [-0.39, 0.29) is 36.5 Å². The van der Waals surface area contributed by atoms with Crippen LogP contribution in [0.2, 0.25) is 0 Å². The van der Waals surface area contributed by atoms with Crippen LogP contribution in [0.3, 0.4) is 0 Å². The summed E-state index contributed by atoms with van der Waals surface area (Å²) in [5.41, 5.74) is 0.321. The van der Waals surface area contributed by atoms with Crippen molar-refractivity contribution in [2.24, 2.45) is 5.92 Å². The van der Waals surface area contributed by atoms with E-state index in [2.05, 4.69) is 0 Å². The lowest BCUT2D eigenvalue weighted by molar-refractivity contribution is 0.00265. The van der Waals surface area contributed by atoms with Crippen LogP contribution in [0.4, 0.5) is 4.79 Å². The summed E-state index contributed by atoms with van der Waals surface area (Å²) in [5, 5.41) is 0. The summed E-state index contributed by atoms with van der Waals surface area (Å²) in [5.74, 6) is -0.0127. The number of carbonyl (C=O) groups is 3. The molecule has 2 fully saturated rings. The third-order valence-corrected chi connectivity index (χ3v) is 5.38. The summed E-state index contributed by atoms with van der Waals surface area (Å²) in [6.45, 7) is 5.77. The number of amides is 3. The fourth-order valence-corrected chi connectivity index (χ4v) is 4.09. The third-order valence-electron chi connectivity index (χ3n) is 5.38. The van der Waals surface area contributed by atoms with Crippen LogP contribution in [-0.4, -0.2) is 51.9 Å². The second-order valence-corrected chi connectivity index (χ2v) is 8.45. The molecule has 1 saturated heterocycles. The first-order valence-corrected chi connectivity index (χ1v) is 9.23. The first-order chi connectivity index (χ1) is 12.3. The normalized spacial score (nSPS) is 27.3. The molecule has 0 bridgehead atoms. The molecule has 0 unspecified atom stereocenters. The van der Waals surface area contributed by atoms with Crippen LogP contribution in [0, 0.1) is 5.92 Å². The molecule has 1 aliphatic carbocycles. The molecule has 1 aromatic rings. The maximum atomic E-state index is 12.7. The largest absolute Gasteiger partial charge is 0.444 e. The minimum atomic E-state index is -0.570. The Morgan fingerprint density at radius 2 is 1.73 bits per heavy atom. The van der Waals surface area contributed by atoms with Crippen LogP contribution >= 0.6 is 0 Å². The molecular formula is C20H24N2O4. The molecule has 26 heavy (non-hydrogen) atoms. The zero-order chi connectivity index (χ0) is 18.6. The third kappa shape index (κ3) is 2.87. The van der Waals surface area contributed by atoms with Gasteiger partial charge in [0.1, 0.15) is 5.60 Å². The van der Waals surface area contributed by atoms with Crippen molar-refractivity contribution in [3.05, 3.63) is 35.4 Å². The molecule has 2 heterocycles. The number of piperidine rings is 1. The van der Waals surface area contributed by atoms with Gasteiger partial charge in [0.05, 0.1) is 17.2 Å². The first-order valence-electron chi connectivity index (χ1n) is 9.23. The molecule has 4 rings (SSSR count). The van der Waals surface area contributed by atoms with Gasteiger partial charge < -0.3 is 9.64 Å². The van der Waals surface area contributed by atoms with Gasteiger partial charge in [0.2, 0.25) is 0 Å². The molecule has 6 nitrogen and oxygen atoms in total. The van der Waals surface area contributed by atoms with Gasteiger partial charge in [-0.2, -0.15) is 0 Å². The fraction of sp³-hybridized carbons (Fsp3) is 0.550. The van der Waals surface area contributed by atoms with E-state index in [1.807, 2.05) is 20.8 Å². The highest BCUT2D eigenvalue weighted by molar-refractivity contribution is 6.21. The average molecular weight is 356 g/mol. The van der Waals surface area contributed by atoms with E-state index in [1.165, 1.54) is 4.90 Å². The summed E-state index contributed by atoms with van der Waals surface area (Å²) in [6, 6.07) is 6.87. The first kappa shape index (κ1) is 17.1. The Bertz CT molecular complexity index is 747. The SMILES string of the molecule is CC(C)(C)OC(=O)N1[C@H](CN2C(=O)c3ccccc3C2=O)CC[C@H]2C[C@H]21. The highest BCUT2D eigenvalue weighted by Crippen LogP contribution is 2.46. The highest BCUT2D eigenvalue weighted by atomic mass is 16.6. The van der Waals surface area contributed by atoms with Crippen LogP contribution in [-0.2, 0) is 4.74 Å². The minimum absolute atomic E-state index is 0.179. The van der Waals surface area contributed by atoms with Crippen molar-refractivity contribution in [2.45, 2.75) is 57.7 Å². The summed E-state index contributed by atoms with van der Waals surface area (Å²) in [4.78, 5) is 41.1. The predicted molar refractivity (Wildman–Crippen MR) is 94.8 cm³/mol. The number of nitrogens with zero attached hydrogens (tertiary/aromatic N) is 2. The van der Waals surface area contributed by atoms with Gasteiger partial charge in [-0.25, -0.2) is 4.79 Å². The second kappa shape index (κ2) is 5.83. The second-order valence-electron chi connectivity index (χ2n) is 8.45. The molecule has 0 aromatic heterocycles. The Kier molecular flexibility index (Phi) is 3.82. The van der Waals surface area contributed by atoms with E-state index < -0.39 is 5.60 Å². The Hall–Kier alpha value is -2.37. The molecule has 1 saturated carbocycles. The summed E-state index contributed by atoms with van der Waals surface area (Å²) in [7, 11) is 0. The standard InChI is InChI=1S/C20H24N2O4/c1-20(2,3)26-19(25)22-13(9-8-12-10-16(12)22)11-21-17(23)14-6-4-5-7-15(14)18(21)24/h4-7,12-13,16H,8-11H2,1-3H3/t12-,13-,16+/m0/s1. The number of hydrogen-bond donors (Lipinski definition) is 0. The van der Waals surface area contributed by atoms with Crippen molar-refractivity contribution in [3.8, 4) is 0 Å². The van der Waals surface area contributed by atoms with Gasteiger partial charge in [-0.1, -0.05) is 12.1 Å². The van der Waals surface area contributed by atoms with E-state index in [0.717, 1.165) is 19.3 Å². The highest BCUT2D eigenvalue weighted by Gasteiger charge is 2.52. The number of likely N-dealkylation sites (tertiary alicyclic amines) is 1. The molecule has 3 amide bonds. The maximum Gasteiger partial charge on any atom is 0.410 e. The summed E-state index contributed by atoms with van der Waals surface area (Å²) >= 11 is 0. The van der Waals surface area contributed by atoms with E-state index in [1.54, 1.807) is 29.2 Å². The quantitative estimate of drug-likeness (QED) is 0.764. The van der Waals surface area contributed by atoms with Crippen molar-refractivity contribution in [3.63, 3.8) is 0 Å². The van der Waals surface area contributed by atoms with E-state index in [0.29, 0.717) is 17.0 Å². The number of hydrogen-bond acceptors (Lipinski definition) is 4. The lowest BCUT2D eigenvalue weighted by Crippen LogP contribution is -2.52. The van der Waals surface area contributed by atoms with Gasteiger partial charge in [-0.15, -0.1) is 0 Å². The molecule has 138 valence electrons. The Morgan fingerprint density at radius 3 is 2.31 bits per heavy atom. The van der Waals surface area contributed by atoms with Gasteiger partial charge in [-0.3, -0.25) is 14.5 Å². The average Bonchev–Trinajstić information content (AvgIpc) is 3.31. The van der Waals surface area contributed by atoms with Crippen molar-refractivity contribution < 1.29 is 19.1 Å². The monoisotopic (exact) mass is 356 g/mol. The van der Waals surface area contributed by atoms with Gasteiger partial charge in [0.15, 0.2) is 0 Å². The maximum absolute atomic E-state index is 12.7. The van der Waals surface area contributed by atoms with E-state index in [4.69, 9.17) is 4.74 Å². The van der Waals surface area contributed by atoms with E-state index >= 15 is 0 Å². The fourth-order valence-electron chi connectivity index (χ4n) is 4.09. The van der Waals surface area contributed by atoms with Crippen molar-refractivity contribution in [2.75, 3.05) is 6.54 Å².